The van der Waals surface area contributed by atoms with Crippen molar-refractivity contribution >= 4 is 22.4 Å². The van der Waals surface area contributed by atoms with Gasteiger partial charge in [0.2, 0.25) is 0 Å². The third-order valence-electron chi connectivity index (χ3n) is 5.26. The van der Waals surface area contributed by atoms with Crippen molar-refractivity contribution in [2.24, 2.45) is 0 Å². The number of hydrogen-bond donors (Lipinski definition) is 0. The van der Waals surface area contributed by atoms with Gasteiger partial charge in [-0.2, -0.15) is 13.2 Å². The van der Waals surface area contributed by atoms with E-state index in [4.69, 9.17) is 4.74 Å². The molecule has 0 unspecified atom stereocenters. The molecule has 1 saturated heterocycles. The standard InChI is InChI=1S/C20H21F3N6O2/c1-31-9-8-29-13-26-16-10-14(2-3-15(16)19(29)30)27-4-6-28(7-5-27)18-11-17(20(21,22)23)24-12-25-18/h2-3,10-13H,4-9H2,1H3. The highest BCUT2D eigenvalue weighted by Crippen LogP contribution is 2.29. The molecule has 164 valence electrons. The summed E-state index contributed by atoms with van der Waals surface area (Å²) < 4.78 is 45.3. The first kappa shape index (κ1) is 21.0. The maximum atomic E-state index is 12.9. The maximum absolute atomic E-state index is 12.9. The Labute approximate surface area is 175 Å². The van der Waals surface area contributed by atoms with Gasteiger partial charge in [-0.1, -0.05) is 0 Å². The number of alkyl halides is 3. The summed E-state index contributed by atoms with van der Waals surface area (Å²) in [5.74, 6) is 0.263. The fourth-order valence-electron chi connectivity index (χ4n) is 3.56. The Morgan fingerprint density at radius 1 is 1.03 bits per heavy atom. The van der Waals surface area contributed by atoms with E-state index in [0.29, 0.717) is 50.2 Å². The molecule has 1 aromatic carbocycles. The zero-order valence-electron chi connectivity index (χ0n) is 16.8. The van der Waals surface area contributed by atoms with E-state index in [2.05, 4.69) is 19.9 Å². The summed E-state index contributed by atoms with van der Waals surface area (Å²) in [5.41, 5.74) is 0.441. The fraction of sp³-hybridized carbons (Fsp3) is 0.400. The lowest BCUT2D eigenvalue weighted by Gasteiger charge is -2.36. The Bertz CT molecular complexity index is 1130. The third kappa shape index (κ3) is 4.46. The number of hydrogen-bond acceptors (Lipinski definition) is 7. The van der Waals surface area contributed by atoms with Crippen LogP contribution in [0.5, 0.6) is 0 Å². The van der Waals surface area contributed by atoms with Crippen molar-refractivity contribution in [3.8, 4) is 0 Å². The molecular formula is C20H21F3N6O2. The van der Waals surface area contributed by atoms with E-state index in [1.807, 2.05) is 12.1 Å². The summed E-state index contributed by atoms with van der Waals surface area (Å²) in [5, 5.41) is 0.529. The van der Waals surface area contributed by atoms with E-state index in [9.17, 15) is 18.0 Å². The number of anilines is 2. The smallest absolute Gasteiger partial charge is 0.383 e. The van der Waals surface area contributed by atoms with Crippen LogP contribution in [-0.2, 0) is 17.5 Å². The Hall–Kier alpha value is -3.21. The van der Waals surface area contributed by atoms with Crippen molar-refractivity contribution < 1.29 is 17.9 Å². The minimum absolute atomic E-state index is 0.123. The van der Waals surface area contributed by atoms with Crippen LogP contribution in [0.15, 0.2) is 41.7 Å². The van der Waals surface area contributed by atoms with Gasteiger partial charge in [0.1, 0.15) is 17.8 Å². The summed E-state index contributed by atoms with van der Waals surface area (Å²) in [6.45, 7) is 3.08. The molecule has 0 aliphatic carbocycles. The summed E-state index contributed by atoms with van der Waals surface area (Å²) in [6.07, 6.45) is -2.04. The average molecular weight is 434 g/mol. The number of nitrogens with zero attached hydrogens (tertiary/aromatic N) is 6. The number of benzene rings is 1. The second-order valence-electron chi connectivity index (χ2n) is 7.17. The van der Waals surface area contributed by atoms with Gasteiger partial charge in [-0.15, -0.1) is 0 Å². The molecular weight excluding hydrogens is 413 g/mol. The monoisotopic (exact) mass is 434 g/mol. The number of ether oxygens (including phenoxy) is 1. The van der Waals surface area contributed by atoms with E-state index in [1.54, 1.807) is 18.1 Å². The van der Waals surface area contributed by atoms with Crippen molar-refractivity contribution in [3.05, 3.63) is 53.0 Å². The van der Waals surface area contributed by atoms with Gasteiger partial charge in [-0.05, 0) is 18.2 Å². The largest absolute Gasteiger partial charge is 0.433 e. The average Bonchev–Trinajstić information content (AvgIpc) is 2.78. The van der Waals surface area contributed by atoms with Crippen molar-refractivity contribution in [2.45, 2.75) is 12.7 Å². The molecule has 0 bridgehead atoms. The summed E-state index contributed by atoms with van der Waals surface area (Å²) >= 11 is 0. The first-order valence-corrected chi connectivity index (χ1v) is 9.74. The highest BCUT2D eigenvalue weighted by atomic mass is 19.4. The second kappa shape index (κ2) is 8.50. The minimum atomic E-state index is -4.50. The number of aromatic nitrogens is 4. The van der Waals surface area contributed by atoms with Gasteiger partial charge in [-0.25, -0.2) is 15.0 Å². The van der Waals surface area contributed by atoms with Crippen LogP contribution in [0.25, 0.3) is 10.9 Å². The molecule has 0 spiro atoms. The predicted octanol–water partition coefficient (Wildman–Crippen LogP) is 2.18. The van der Waals surface area contributed by atoms with Gasteiger partial charge in [0.15, 0.2) is 0 Å². The number of piperazine rings is 1. The van der Waals surface area contributed by atoms with Crippen LogP contribution in [0.2, 0.25) is 0 Å². The fourth-order valence-corrected chi connectivity index (χ4v) is 3.56. The highest BCUT2D eigenvalue weighted by Gasteiger charge is 2.33. The summed E-state index contributed by atoms with van der Waals surface area (Å²) in [4.78, 5) is 28.2. The zero-order chi connectivity index (χ0) is 22.0. The van der Waals surface area contributed by atoms with E-state index in [0.717, 1.165) is 18.1 Å². The minimum Gasteiger partial charge on any atom is -0.383 e. The second-order valence-corrected chi connectivity index (χ2v) is 7.17. The third-order valence-corrected chi connectivity index (χ3v) is 5.26. The topological polar surface area (TPSA) is 76.4 Å². The van der Waals surface area contributed by atoms with E-state index in [1.165, 1.54) is 10.9 Å². The molecule has 31 heavy (non-hydrogen) atoms. The van der Waals surface area contributed by atoms with Crippen LogP contribution in [0.3, 0.4) is 0 Å². The quantitative estimate of drug-likeness (QED) is 0.609. The molecule has 4 rings (SSSR count). The molecule has 3 aromatic rings. The molecule has 1 aliphatic rings. The first-order valence-electron chi connectivity index (χ1n) is 9.74. The van der Waals surface area contributed by atoms with E-state index in [-0.39, 0.29) is 11.4 Å². The summed E-state index contributed by atoms with van der Waals surface area (Å²) in [6, 6.07) is 6.47. The number of fused-ring (bicyclic) bond motifs is 1. The van der Waals surface area contributed by atoms with Gasteiger partial charge in [0.25, 0.3) is 5.56 Å². The lowest BCUT2D eigenvalue weighted by molar-refractivity contribution is -0.141. The number of methoxy groups -OCH3 is 1. The van der Waals surface area contributed by atoms with Crippen molar-refractivity contribution in [1.29, 1.82) is 0 Å². The van der Waals surface area contributed by atoms with E-state index < -0.39 is 11.9 Å². The highest BCUT2D eigenvalue weighted by molar-refractivity contribution is 5.81. The van der Waals surface area contributed by atoms with Crippen molar-refractivity contribution in [1.82, 2.24) is 19.5 Å². The van der Waals surface area contributed by atoms with Crippen LogP contribution in [0, 0.1) is 0 Å². The van der Waals surface area contributed by atoms with Gasteiger partial charge >= 0.3 is 6.18 Å². The van der Waals surface area contributed by atoms with Crippen LogP contribution in [0.1, 0.15) is 5.69 Å². The van der Waals surface area contributed by atoms with Gasteiger partial charge in [0, 0.05) is 45.0 Å². The first-order chi connectivity index (χ1) is 14.9. The van der Waals surface area contributed by atoms with Crippen LogP contribution in [-0.4, -0.2) is 59.4 Å². The predicted molar refractivity (Wildman–Crippen MR) is 109 cm³/mol. The molecule has 2 aromatic heterocycles. The molecule has 1 fully saturated rings. The van der Waals surface area contributed by atoms with Gasteiger partial charge in [-0.3, -0.25) is 9.36 Å². The lowest BCUT2D eigenvalue weighted by atomic mass is 10.2. The zero-order valence-corrected chi connectivity index (χ0v) is 16.8. The van der Waals surface area contributed by atoms with E-state index >= 15 is 0 Å². The maximum Gasteiger partial charge on any atom is 0.433 e. The van der Waals surface area contributed by atoms with Gasteiger partial charge < -0.3 is 14.5 Å². The molecule has 8 nitrogen and oxygen atoms in total. The Kier molecular flexibility index (Phi) is 5.77. The van der Waals surface area contributed by atoms with Crippen LogP contribution in [0.4, 0.5) is 24.7 Å². The molecule has 1 aliphatic heterocycles. The molecule has 0 N–H and O–H groups in total. The van der Waals surface area contributed by atoms with Crippen LogP contribution >= 0.6 is 0 Å². The SMILES string of the molecule is COCCn1cnc2cc(N3CCN(c4cc(C(F)(F)F)ncn4)CC3)ccc2c1=O. The molecule has 0 saturated carbocycles. The lowest BCUT2D eigenvalue weighted by Crippen LogP contribution is -2.47. The van der Waals surface area contributed by atoms with Crippen LogP contribution < -0.4 is 15.4 Å². The molecule has 3 heterocycles. The molecule has 0 amide bonds. The Balaban J connectivity index is 1.48. The van der Waals surface area contributed by atoms with Crippen molar-refractivity contribution in [3.63, 3.8) is 0 Å². The number of rotatable bonds is 5. The number of halogens is 3. The molecule has 0 atom stereocenters. The van der Waals surface area contributed by atoms with Gasteiger partial charge in [0.05, 0.1) is 30.4 Å². The Morgan fingerprint density at radius 3 is 2.48 bits per heavy atom. The van der Waals surface area contributed by atoms with Crippen molar-refractivity contribution in [2.75, 3.05) is 49.7 Å². The normalized spacial score (nSPS) is 15.0. The molecule has 11 heteroatoms. The molecule has 0 radical (unpaired) electrons. The summed E-state index contributed by atoms with van der Waals surface area (Å²) in [7, 11) is 1.57. The Morgan fingerprint density at radius 2 is 1.77 bits per heavy atom.